The van der Waals surface area contributed by atoms with Gasteiger partial charge >= 0.3 is 0 Å². The van der Waals surface area contributed by atoms with Gasteiger partial charge in [-0.15, -0.1) is 0 Å². The zero-order valence-corrected chi connectivity index (χ0v) is 12.0. The third-order valence-electron chi connectivity index (χ3n) is 4.99. The van der Waals surface area contributed by atoms with Crippen LogP contribution < -0.4 is 0 Å². The van der Waals surface area contributed by atoms with E-state index in [9.17, 15) is 0 Å². The van der Waals surface area contributed by atoms with Crippen LogP contribution in [0.1, 0.15) is 51.4 Å². The monoisotopic (exact) mass is 238 g/mol. The minimum atomic E-state index is 0.880. The second-order valence-corrected chi connectivity index (χ2v) is 6.45. The van der Waals surface area contributed by atoms with E-state index in [1.165, 1.54) is 57.9 Å². The van der Waals surface area contributed by atoms with Gasteiger partial charge in [0.25, 0.3) is 0 Å². The van der Waals surface area contributed by atoms with E-state index in [0.29, 0.717) is 0 Å². The largest absolute Gasteiger partial charge is 0.309 e. The Morgan fingerprint density at radius 2 is 1.71 bits per heavy atom. The summed E-state index contributed by atoms with van der Waals surface area (Å²) in [5, 5.41) is 0. The molecule has 2 aliphatic heterocycles. The molecule has 2 saturated heterocycles. The molecule has 100 valence electrons. The molecule has 0 N–H and O–H groups in total. The minimum absolute atomic E-state index is 0.880. The Labute approximate surface area is 107 Å². The first-order chi connectivity index (χ1) is 8.18. The van der Waals surface area contributed by atoms with Gasteiger partial charge in [-0.05, 0) is 65.7 Å². The average Bonchev–Trinajstić information content (AvgIpc) is 2.56. The van der Waals surface area contributed by atoms with Gasteiger partial charge in [0.2, 0.25) is 0 Å². The van der Waals surface area contributed by atoms with Crippen molar-refractivity contribution < 1.29 is 0 Å². The quantitative estimate of drug-likeness (QED) is 0.746. The maximum atomic E-state index is 2.75. The maximum Gasteiger partial charge on any atom is 0.0124 e. The Hall–Kier alpha value is -0.0800. The molecule has 2 aliphatic rings. The lowest BCUT2D eigenvalue weighted by molar-refractivity contribution is 0.131. The standard InChI is InChI=1S/C15H30N2/c1-16(2)12-11-13-7-6-9-14-8-4-5-10-15(13)17(14)3/h13-15H,4-12H2,1-3H3. The average molecular weight is 238 g/mol. The summed E-state index contributed by atoms with van der Waals surface area (Å²) >= 11 is 0. The molecule has 0 spiro atoms. The smallest absolute Gasteiger partial charge is 0.0124 e. The van der Waals surface area contributed by atoms with E-state index in [4.69, 9.17) is 0 Å². The maximum absolute atomic E-state index is 2.75. The Balaban J connectivity index is 1.99. The van der Waals surface area contributed by atoms with E-state index in [2.05, 4.69) is 30.9 Å². The van der Waals surface area contributed by atoms with Crippen molar-refractivity contribution in [2.24, 2.45) is 5.92 Å². The van der Waals surface area contributed by atoms with Gasteiger partial charge in [-0.2, -0.15) is 0 Å². The first-order valence-electron chi connectivity index (χ1n) is 7.55. The predicted octanol–water partition coefficient (Wildman–Crippen LogP) is 2.98. The molecule has 17 heavy (non-hydrogen) atoms. The van der Waals surface area contributed by atoms with Crippen LogP contribution in [0.25, 0.3) is 0 Å². The van der Waals surface area contributed by atoms with E-state index >= 15 is 0 Å². The van der Waals surface area contributed by atoms with E-state index in [-0.39, 0.29) is 0 Å². The summed E-state index contributed by atoms with van der Waals surface area (Å²) < 4.78 is 0. The number of rotatable bonds is 3. The fourth-order valence-electron chi connectivity index (χ4n) is 3.90. The van der Waals surface area contributed by atoms with E-state index in [0.717, 1.165) is 18.0 Å². The SMILES string of the molecule is CN(C)CCC1CCCC2CCCCC1N2C. The summed E-state index contributed by atoms with van der Waals surface area (Å²) in [6.07, 6.45) is 11.6. The van der Waals surface area contributed by atoms with Crippen LogP contribution >= 0.6 is 0 Å². The molecular formula is C15H30N2. The number of hydrogen-bond donors (Lipinski definition) is 0. The molecule has 2 heterocycles. The Kier molecular flexibility index (Phi) is 4.87. The first-order valence-corrected chi connectivity index (χ1v) is 7.55. The summed E-state index contributed by atoms with van der Waals surface area (Å²) in [4.78, 5) is 5.10. The Bertz CT molecular complexity index is 227. The van der Waals surface area contributed by atoms with Crippen LogP contribution in [0.15, 0.2) is 0 Å². The molecule has 0 aliphatic carbocycles. The molecule has 0 aromatic heterocycles. The zero-order chi connectivity index (χ0) is 12.3. The number of nitrogens with zero attached hydrogens (tertiary/aromatic N) is 2. The summed E-state index contributed by atoms with van der Waals surface area (Å²) in [6.45, 7) is 1.26. The fourth-order valence-corrected chi connectivity index (χ4v) is 3.90. The molecule has 0 aromatic rings. The van der Waals surface area contributed by atoms with E-state index < -0.39 is 0 Å². The lowest BCUT2D eigenvalue weighted by Crippen LogP contribution is -2.41. The van der Waals surface area contributed by atoms with Gasteiger partial charge in [0.15, 0.2) is 0 Å². The molecule has 3 unspecified atom stereocenters. The summed E-state index contributed by atoms with van der Waals surface area (Å²) in [7, 11) is 6.81. The van der Waals surface area contributed by atoms with Crippen molar-refractivity contribution in [3.63, 3.8) is 0 Å². The Morgan fingerprint density at radius 3 is 2.47 bits per heavy atom. The van der Waals surface area contributed by atoms with Crippen molar-refractivity contribution in [2.75, 3.05) is 27.7 Å². The number of fused-ring (bicyclic) bond motifs is 2. The normalized spacial score (nSPS) is 35.6. The van der Waals surface area contributed by atoms with Gasteiger partial charge in [0, 0.05) is 12.1 Å². The van der Waals surface area contributed by atoms with Crippen LogP contribution in [0, 0.1) is 5.92 Å². The summed E-state index contributed by atoms with van der Waals surface area (Å²) in [5.41, 5.74) is 0. The zero-order valence-electron chi connectivity index (χ0n) is 12.0. The van der Waals surface area contributed by atoms with Crippen molar-refractivity contribution in [2.45, 2.75) is 63.5 Å². The van der Waals surface area contributed by atoms with Crippen LogP contribution in [0.3, 0.4) is 0 Å². The molecule has 2 nitrogen and oxygen atoms in total. The molecule has 0 saturated carbocycles. The third-order valence-corrected chi connectivity index (χ3v) is 4.99. The van der Waals surface area contributed by atoms with Gasteiger partial charge in [-0.3, -0.25) is 0 Å². The van der Waals surface area contributed by atoms with Crippen LogP contribution in [-0.4, -0.2) is 49.6 Å². The van der Waals surface area contributed by atoms with E-state index in [1.54, 1.807) is 0 Å². The molecule has 0 aromatic carbocycles. The molecule has 2 heteroatoms. The summed E-state index contributed by atoms with van der Waals surface area (Å²) in [6, 6.07) is 1.77. The lowest BCUT2D eigenvalue weighted by atomic mass is 9.88. The molecule has 0 amide bonds. The van der Waals surface area contributed by atoms with Gasteiger partial charge < -0.3 is 9.80 Å². The second-order valence-electron chi connectivity index (χ2n) is 6.45. The van der Waals surface area contributed by atoms with Gasteiger partial charge in [0.05, 0.1) is 0 Å². The van der Waals surface area contributed by atoms with Gasteiger partial charge in [0.1, 0.15) is 0 Å². The molecule has 3 atom stereocenters. The van der Waals surface area contributed by atoms with Crippen molar-refractivity contribution in [1.29, 1.82) is 0 Å². The highest BCUT2D eigenvalue weighted by molar-refractivity contribution is 4.88. The molecular weight excluding hydrogens is 208 g/mol. The lowest BCUT2D eigenvalue weighted by Gasteiger charge is -2.35. The highest BCUT2D eigenvalue weighted by atomic mass is 15.2. The fraction of sp³-hybridized carbons (Fsp3) is 1.00. The molecule has 2 rings (SSSR count). The minimum Gasteiger partial charge on any atom is -0.309 e. The van der Waals surface area contributed by atoms with Crippen molar-refractivity contribution in [3.8, 4) is 0 Å². The van der Waals surface area contributed by atoms with Crippen LogP contribution in [0.2, 0.25) is 0 Å². The van der Waals surface area contributed by atoms with Gasteiger partial charge in [-0.1, -0.05) is 19.3 Å². The second kappa shape index (κ2) is 6.19. The Morgan fingerprint density at radius 1 is 1.00 bits per heavy atom. The van der Waals surface area contributed by atoms with Crippen LogP contribution in [-0.2, 0) is 0 Å². The van der Waals surface area contributed by atoms with Crippen LogP contribution in [0.5, 0.6) is 0 Å². The van der Waals surface area contributed by atoms with Crippen molar-refractivity contribution in [1.82, 2.24) is 9.80 Å². The molecule has 0 radical (unpaired) electrons. The third kappa shape index (κ3) is 3.45. The predicted molar refractivity (Wildman–Crippen MR) is 74.3 cm³/mol. The van der Waals surface area contributed by atoms with E-state index in [1.807, 2.05) is 0 Å². The first kappa shape index (κ1) is 13.4. The highest BCUT2D eigenvalue weighted by Gasteiger charge is 2.33. The topological polar surface area (TPSA) is 6.48 Å². The van der Waals surface area contributed by atoms with Gasteiger partial charge in [-0.25, -0.2) is 0 Å². The highest BCUT2D eigenvalue weighted by Crippen LogP contribution is 2.35. The number of hydrogen-bond acceptors (Lipinski definition) is 2. The molecule has 2 fully saturated rings. The molecule has 2 bridgehead atoms. The summed E-state index contributed by atoms with van der Waals surface area (Å²) in [5.74, 6) is 0.950. The van der Waals surface area contributed by atoms with Crippen molar-refractivity contribution in [3.05, 3.63) is 0 Å². The van der Waals surface area contributed by atoms with Crippen molar-refractivity contribution >= 4 is 0 Å². The van der Waals surface area contributed by atoms with Crippen LogP contribution in [0.4, 0.5) is 0 Å².